The van der Waals surface area contributed by atoms with E-state index in [1.54, 1.807) is 13.3 Å². The lowest BCUT2D eigenvalue weighted by molar-refractivity contribution is 1.04. The van der Waals surface area contributed by atoms with Gasteiger partial charge in [0.15, 0.2) is 0 Å². The highest BCUT2D eigenvalue weighted by molar-refractivity contribution is 5.80. The minimum atomic E-state index is 0.348. The molecule has 25 heavy (non-hydrogen) atoms. The van der Waals surface area contributed by atoms with E-state index in [1.165, 1.54) is 5.56 Å². The van der Waals surface area contributed by atoms with Crippen LogP contribution in [0.15, 0.2) is 59.7 Å². The maximum atomic E-state index is 4.32. The van der Waals surface area contributed by atoms with E-state index in [1.807, 2.05) is 61.5 Å². The van der Waals surface area contributed by atoms with Crippen LogP contribution in [-0.2, 0) is 0 Å². The third-order valence-electron chi connectivity index (χ3n) is 3.34. The first-order valence-corrected chi connectivity index (χ1v) is 7.84. The van der Waals surface area contributed by atoms with Gasteiger partial charge in [-0.25, -0.2) is 5.43 Å². The molecule has 1 heterocycles. The third kappa shape index (κ3) is 4.74. The van der Waals surface area contributed by atoms with E-state index in [9.17, 15) is 0 Å². The summed E-state index contributed by atoms with van der Waals surface area (Å²) in [5.74, 6) is 1.22. The van der Waals surface area contributed by atoms with Gasteiger partial charge in [0.1, 0.15) is 0 Å². The van der Waals surface area contributed by atoms with Crippen molar-refractivity contribution in [1.29, 1.82) is 0 Å². The molecule has 0 aliphatic rings. The second kappa shape index (κ2) is 7.87. The van der Waals surface area contributed by atoms with Crippen molar-refractivity contribution in [2.45, 2.75) is 6.92 Å². The van der Waals surface area contributed by atoms with Crippen LogP contribution in [-0.4, -0.2) is 28.2 Å². The zero-order valence-corrected chi connectivity index (χ0v) is 14.1. The number of anilines is 4. The second-order valence-corrected chi connectivity index (χ2v) is 5.33. The first-order valence-electron chi connectivity index (χ1n) is 7.84. The third-order valence-corrected chi connectivity index (χ3v) is 3.34. The summed E-state index contributed by atoms with van der Waals surface area (Å²) in [4.78, 5) is 12.9. The number of aryl methyl sites for hydroxylation is 1. The molecule has 0 saturated carbocycles. The Kier molecular flexibility index (Phi) is 5.16. The van der Waals surface area contributed by atoms with Crippen LogP contribution >= 0.6 is 0 Å². The lowest BCUT2D eigenvalue weighted by Gasteiger charge is -2.08. The molecule has 0 fully saturated rings. The predicted molar refractivity (Wildman–Crippen MR) is 101 cm³/mol. The zero-order chi connectivity index (χ0) is 17.5. The van der Waals surface area contributed by atoms with Gasteiger partial charge in [-0.2, -0.15) is 20.1 Å². The Morgan fingerprint density at radius 3 is 2.24 bits per heavy atom. The number of para-hydroxylation sites is 1. The summed E-state index contributed by atoms with van der Waals surface area (Å²) in [6.45, 7) is 2.05. The van der Waals surface area contributed by atoms with Crippen molar-refractivity contribution in [2.24, 2.45) is 5.10 Å². The van der Waals surface area contributed by atoms with Crippen LogP contribution in [0, 0.1) is 6.92 Å². The highest BCUT2D eigenvalue weighted by atomic mass is 15.4. The molecule has 0 saturated heterocycles. The van der Waals surface area contributed by atoms with E-state index in [0.29, 0.717) is 17.8 Å². The first-order chi connectivity index (χ1) is 12.2. The van der Waals surface area contributed by atoms with Crippen molar-refractivity contribution in [3.63, 3.8) is 0 Å². The Bertz CT molecular complexity index is 845. The molecule has 2 aromatic carbocycles. The maximum Gasteiger partial charge on any atom is 0.250 e. The van der Waals surface area contributed by atoms with Gasteiger partial charge in [0, 0.05) is 12.7 Å². The van der Waals surface area contributed by atoms with Crippen LogP contribution in [0.2, 0.25) is 0 Å². The molecule has 0 spiro atoms. The normalized spacial score (nSPS) is 10.6. The summed E-state index contributed by atoms with van der Waals surface area (Å²) in [5, 5.41) is 10.2. The molecule has 0 bridgehead atoms. The second-order valence-electron chi connectivity index (χ2n) is 5.33. The summed E-state index contributed by atoms with van der Waals surface area (Å²) < 4.78 is 0. The fourth-order valence-corrected chi connectivity index (χ4v) is 2.06. The molecule has 126 valence electrons. The van der Waals surface area contributed by atoms with Crippen LogP contribution < -0.4 is 16.1 Å². The molecule has 0 radical (unpaired) electrons. The van der Waals surface area contributed by atoms with E-state index in [2.05, 4.69) is 36.1 Å². The Hall–Kier alpha value is -3.48. The van der Waals surface area contributed by atoms with Gasteiger partial charge in [0.2, 0.25) is 17.8 Å². The minimum absolute atomic E-state index is 0.348. The average molecular weight is 333 g/mol. The van der Waals surface area contributed by atoms with E-state index in [0.717, 1.165) is 11.3 Å². The summed E-state index contributed by atoms with van der Waals surface area (Å²) in [7, 11) is 1.75. The van der Waals surface area contributed by atoms with Crippen molar-refractivity contribution >= 4 is 29.7 Å². The molecule has 3 N–H and O–H groups in total. The molecule has 7 nitrogen and oxygen atoms in total. The van der Waals surface area contributed by atoms with Gasteiger partial charge in [-0.15, -0.1) is 0 Å². The largest absolute Gasteiger partial charge is 0.357 e. The van der Waals surface area contributed by atoms with E-state index >= 15 is 0 Å². The monoisotopic (exact) mass is 333 g/mol. The Labute approximate surface area is 146 Å². The number of aromatic nitrogens is 3. The standard InChI is InChI=1S/C18H19N7/c1-13-8-10-14(11-9-13)12-20-25-18-23-16(19-2)22-17(24-18)21-15-6-4-3-5-7-15/h3-12H,1-2H3,(H3,19,21,22,23,24,25)/b20-12-. The van der Waals surface area contributed by atoms with Crippen molar-refractivity contribution in [2.75, 3.05) is 23.1 Å². The van der Waals surface area contributed by atoms with Gasteiger partial charge in [0.25, 0.3) is 0 Å². The van der Waals surface area contributed by atoms with Crippen molar-refractivity contribution in [3.8, 4) is 0 Å². The Balaban J connectivity index is 1.74. The number of hydrogen-bond donors (Lipinski definition) is 3. The number of nitrogens with zero attached hydrogens (tertiary/aromatic N) is 4. The molecule has 7 heteroatoms. The number of rotatable bonds is 6. The van der Waals surface area contributed by atoms with Crippen molar-refractivity contribution < 1.29 is 0 Å². The molecular weight excluding hydrogens is 314 g/mol. The predicted octanol–water partition coefficient (Wildman–Crippen LogP) is 3.41. The molecule has 1 aromatic heterocycles. The smallest absolute Gasteiger partial charge is 0.250 e. The Morgan fingerprint density at radius 2 is 1.52 bits per heavy atom. The molecule has 0 amide bonds. The minimum Gasteiger partial charge on any atom is -0.357 e. The molecule has 0 unspecified atom stereocenters. The molecule has 3 rings (SSSR count). The first kappa shape index (κ1) is 16.4. The summed E-state index contributed by atoms with van der Waals surface area (Å²) in [6, 6.07) is 17.8. The highest BCUT2D eigenvalue weighted by Crippen LogP contribution is 2.15. The number of hydrazone groups is 1. The van der Waals surface area contributed by atoms with Crippen LogP contribution in [0.4, 0.5) is 23.5 Å². The molecule has 0 atom stereocenters. The van der Waals surface area contributed by atoms with E-state index in [-0.39, 0.29) is 0 Å². The SMILES string of the molecule is CNc1nc(N/N=C\c2ccc(C)cc2)nc(Nc2ccccc2)n1. The van der Waals surface area contributed by atoms with E-state index in [4.69, 9.17) is 0 Å². The summed E-state index contributed by atoms with van der Waals surface area (Å²) in [5.41, 5.74) is 5.93. The molecule has 0 aliphatic carbocycles. The van der Waals surface area contributed by atoms with Crippen molar-refractivity contribution in [1.82, 2.24) is 15.0 Å². The van der Waals surface area contributed by atoms with Crippen LogP contribution in [0.3, 0.4) is 0 Å². The topological polar surface area (TPSA) is 87.1 Å². The maximum absolute atomic E-state index is 4.32. The number of hydrogen-bond acceptors (Lipinski definition) is 7. The Morgan fingerprint density at radius 1 is 0.840 bits per heavy atom. The zero-order valence-electron chi connectivity index (χ0n) is 14.1. The quantitative estimate of drug-likeness (QED) is 0.473. The highest BCUT2D eigenvalue weighted by Gasteiger charge is 2.05. The lowest BCUT2D eigenvalue weighted by atomic mass is 10.2. The van der Waals surface area contributed by atoms with Gasteiger partial charge >= 0.3 is 0 Å². The summed E-state index contributed by atoms with van der Waals surface area (Å²) >= 11 is 0. The van der Waals surface area contributed by atoms with Crippen molar-refractivity contribution in [3.05, 3.63) is 65.7 Å². The number of benzene rings is 2. The fraction of sp³-hybridized carbons (Fsp3) is 0.111. The lowest BCUT2D eigenvalue weighted by Crippen LogP contribution is -2.07. The van der Waals surface area contributed by atoms with Crippen LogP contribution in [0.25, 0.3) is 0 Å². The van der Waals surface area contributed by atoms with Gasteiger partial charge in [-0.05, 0) is 24.6 Å². The van der Waals surface area contributed by atoms with Gasteiger partial charge < -0.3 is 10.6 Å². The van der Waals surface area contributed by atoms with Crippen LogP contribution in [0.1, 0.15) is 11.1 Å². The molecular formula is C18H19N7. The van der Waals surface area contributed by atoms with Crippen LogP contribution in [0.5, 0.6) is 0 Å². The summed E-state index contributed by atoms with van der Waals surface area (Å²) in [6.07, 6.45) is 1.71. The van der Waals surface area contributed by atoms with Gasteiger partial charge in [-0.1, -0.05) is 48.0 Å². The molecule has 0 aliphatic heterocycles. The van der Waals surface area contributed by atoms with Gasteiger partial charge in [0.05, 0.1) is 6.21 Å². The van der Waals surface area contributed by atoms with E-state index < -0.39 is 0 Å². The number of nitrogens with one attached hydrogen (secondary N) is 3. The average Bonchev–Trinajstić information content (AvgIpc) is 2.64. The van der Waals surface area contributed by atoms with Gasteiger partial charge in [-0.3, -0.25) is 0 Å². The fourth-order valence-electron chi connectivity index (χ4n) is 2.06. The molecule has 3 aromatic rings.